The third-order valence-electron chi connectivity index (χ3n) is 6.14. The summed E-state index contributed by atoms with van der Waals surface area (Å²) in [4.78, 5) is 37.3. The number of nitrogens with one attached hydrogen (secondary N) is 1. The maximum absolute atomic E-state index is 13.1. The van der Waals surface area contributed by atoms with Crippen molar-refractivity contribution in [3.05, 3.63) is 52.9 Å². The minimum atomic E-state index is -0.955. The van der Waals surface area contributed by atoms with Gasteiger partial charge in [0.1, 0.15) is 10.6 Å². The lowest BCUT2D eigenvalue weighted by atomic mass is 9.82. The normalized spacial score (nSPS) is 24.1. The van der Waals surface area contributed by atoms with Crippen molar-refractivity contribution in [3.8, 4) is 11.1 Å². The fraction of sp³-hybridized carbons (Fsp3) is 0.348. The highest BCUT2D eigenvalue weighted by Crippen LogP contribution is 2.49. The quantitative estimate of drug-likeness (QED) is 0.534. The minimum absolute atomic E-state index is 0.0845. The van der Waals surface area contributed by atoms with E-state index in [-0.39, 0.29) is 17.7 Å². The highest BCUT2D eigenvalue weighted by molar-refractivity contribution is 7.15. The van der Waals surface area contributed by atoms with E-state index >= 15 is 0 Å². The second kappa shape index (κ2) is 8.07. The molecule has 0 aliphatic heterocycles. The average molecular weight is 426 g/mol. The fourth-order valence-corrected chi connectivity index (χ4v) is 5.56. The van der Waals surface area contributed by atoms with Gasteiger partial charge in [-0.05, 0) is 35.8 Å². The first kappa shape index (κ1) is 20.3. The van der Waals surface area contributed by atoms with Crippen molar-refractivity contribution in [2.75, 3.05) is 12.4 Å². The zero-order chi connectivity index (χ0) is 21.4. The molecule has 0 saturated heterocycles. The molecule has 1 aromatic carbocycles. The number of hydrogen-bond donors (Lipinski definition) is 2. The van der Waals surface area contributed by atoms with Crippen molar-refractivity contribution in [3.63, 3.8) is 0 Å². The molecule has 1 heterocycles. The van der Waals surface area contributed by atoms with Gasteiger partial charge in [-0.2, -0.15) is 0 Å². The molecule has 4 rings (SSSR count). The maximum atomic E-state index is 13.1. The molecule has 30 heavy (non-hydrogen) atoms. The lowest BCUT2D eigenvalue weighted by Gasteiger charge is -2.23. The van der Waals surface area contributed by atoms with Crippen LogP contribution in [0.3, 0.4) is 0 Å². The Hall–Kier alpha value is -2.93. The number of anilines is 1. The Bertz CT molecular complexity index is 1020. The van der Waals surface area contributed by atoms with Gasteiger partial charge in [0, 0.05) is 10.9 Å². The largest absolute Gasteiger partial charge is 0.481 e. The second-order valence-corrected chi connectivity index (χ2v) is 8.60. The van der Waals surface area contributed by atoms with E-state index in [1.165, 1.54) is 24.0 Å². The lowest BCUT2D eigenvalue weighted by Crippen LogP contribution is -2.36. The second-order valence-electron chi connectivity index (χ2n) is 7.72. The average Bonchev–Trinajstić information content (AvgIpc) is 3.47. The number of rotatable bonds is 6. The summed E-state index contributed by atoms with van der Waals surface area (Å²) < 4.78 is 4.97. The molecule has 2 bridgehead atoms. The van der Waals surface area contributed by atoms with E-state index in [4.69, 9.17) is 4.74 Å². The smallest absolute Gasteiger partial charge is 0.341 e. The summed E-state index contributed by atoms with van der Waals surface area (Å²) in [7, 11) is 1.30. The number of ether oxygens (including phenoxy) is 1. The van der Waals surface area contributed by atoms with Gasteiger partial charge in [-0.1, -0.05) is 43.3 Å². The van der Waals surface area contributed by atoms with E-state index in [1.807, 2.05) is 41.8 Å². The number of amides is 1. The SMILES string of the molecule is CCc1ccc(-c2csc(NC(=O)[C@H]3[C@@H](C(=O)O)[C@H]4C=C[C@H]3C4)c2C(=O)OC)cc1. The van der Waals surface area contributed by atoms with Gasteiger partial charge < -0.3 is 15.2 Å². The maximum Gasteiger partial charge on any atom is 0.341 e. The van der Waals surface area contributed by atoms with Crippen LogP contribution in [-0.4, -0.2) is 30.1 Å². The molecule has 2 aromatic rings. The summed E-state index contributed by atoms with van der Waals surface area (Å²) in [5, 5.41) is 14.6. The Balaban J connectivity index is 1.65. The molecule has 2 aliphatic carbocycles. The molecule has 7 heteroatoms. The van der Waals surface area contributed by atoms with Gasteiger partial charge in [-0.3, -0.25) is 9.59 Å². The van der Waals surface area contributed by atoms with Crippen LogP contribution in [0.4, 0.5) is 5.00 Å². The topological polar surface area (TPSA) is 92.7 Å². The summed E-state index contributed by atoms with van der Waals surface area (Å²) in [6, 6.07) is 7.90. The van der Waals surface area contributed by atoms with Crippen molar-refractivity contribution >= 4 is 34.2 Å². The molecule has 1 aromatic heterocycles. The zero-order valence-electron chi connectivity index (χ0n) is 16.8. The van der Waals surface area contributed by atoms with E-state index in [0.29, 0.717) is 22.5 Å². The van der Waals surface area contributed by atoms with Gasteiger partial charge in [0.2, 0.25) is 5.91 Å². The highest BCUT2D eigenvalue weighted by atomic mass is 32.1. The first-order valence-electron chi connectivity index (χ1n) is 9.95. The number of allylic oxidation sites excluding steroid dienone is 2. The van der Waals surface area contributed by atoms with E-state index < -0.39 is 23.8 Å². The van der Waals surface area contributed by atoms with Crippen LogP contribution < -0.4 is 5.32 Å². The molecule has 1 fully saturated rings. The minimum Gasteiger partial charge on any atom is -0.481 e. The van der Waals surface area contributed by atoms with Crippen molar-refractivity contribution in [1.82, 2.24) is 0 Å². The lowest BCUT2D eigenvalue weighted by molar-refractivity contribution is -0.146. The Morgan fingerprint density at radius 2 is 1.80 bits per heavy atom. The first-order valence-corrected chi connectivity index (χ1v) is 10.8. The number of carboxylic acid groups (broad SMARTS) is 1. The number of hydrogen-bond acceptors (Lipinski definition) is 5. The number of fused-ring (bicyclic) bond motifs is 2. The summed E-state index contributed by atoms with van der Waals surface area (Å²) >= 11 is 1.24. The summed E-state index contributed by atoms with van der Waals surface area (Å²) in [5.74, 6) is -3.43. The number of carbonyl (C=O) groups excluding carboxylic acids is 2. The van der Waals surface area contributed by atoms with Gasteiger partial charge >= 0.3 is 11.9 Å². The van der Waals surface area contributed by atoms with Crippen molar-refractivity contribution < 1.29 is 24.2 Å². The van der Waals surface area contributed by atoms with Crippen LogP contribution >= 0.6 is 11.3 Å². The molecule has 0 radical (unpaired) electrons. The van der Waals surface area contributed by atoms with Gasteiger partial charge in [0.15, 0.2) is 0 Å². The van der Waals surface area contributed by atoms with Crippen LogP contribution in [0, 0.1) is 23.7 Å². The number of aliphatic carboxylic acids is 1. The van der Waals surface area contributed by atoms with E-state index in [2.05, 4.69) is 12.2 Å². The van der Waals surface area contributed by atoms with Gasteiger partial charge in [0.05, 0.1) is 18.9 Å². The number of esters is 1. The van der Waals surface area contributed by atoms with Crippen molar-refractivity contribution in [2.24, 2.45) is 23.7 Å². The van der Waals surface area contributed by atoms with E-state index in [0.717, 1.165) is 12.0 Å². The van der Waals surface area contributed by atoms with Crippen molar-refractivity contribution in [2.45, 2.75) is 19.8 Å². The van der Waals surface area contributed by atoms with Crippen molar-refractivity contribution in [1.29, 1.82) is 0 Å². The molecule has 0 spiro atoms. The molecule has 2 N–H and O–H groups in total. The summed E-state index contributed by atoms with van der Waals surface area (Å²) in [6.07, 6.45) is 5.43. The predicted octanol–water partition coefficient (Wildman–Crippen LogP) is 4.23. The third-order valence-corrected chi connectivity index (χ3v) is 7.03. The van der Waals surface area contributed by atoms with E-state index in [1.54, 1.807) is 0 Å². The van der Waals surface area contributed by atoms with Crippen LogP contribution in [-0.2, 0) is 20.7 Å². The molecule has 1 amide bonds. The van der Waals surface area contributed by atoms with Crippen LogP contribution in [0.1, 0.15) is 29.3 Å². The number of benzene rings is 1. The number of thiophene rings is 1. The van der Waals surface area contributed by atoms with Gasteiger partial charge in [-0.15, -0.1) is 11.3 Å². The standard InChI is InChI=1S/C23H23NO5S/c1-3-12-4-6-13(7-5-12)16-11-30-21(19(16)23(28)29-2)24-20(25)17-14-8-9-15(10-14)18(17)22(26)27/h4-9,11,14-15,17-18H,3,10H2,1-2H3,(H,24,25)(H,26,27)/t14-,15-,17+,18-/m0/s1. The Morgan fingerprint density at radius 3 is 2.40 bits per heavy atom. The summed E-state index contributed by atoms with van der Waals surface area (Å²) in [5.41, 5.74) is 3.03. The molecule has 0 unspecified atom stereocenters. The Kier molecular flexibility index (Phi) is 5.47. The fourth-order valence-electron chi connectivity index (χ4n) is 4.60. The third kappa shape index (κ3) is 3.43. The zero-order valence-corrected chi connectivity index (χ0v) is 17.6. The highest BCUT2D eigenvalue weighted by Gasteiger charge is 2.51. The number of carbonyl (C=O) groups is 3. The number of carboxylic acids is 1. The Labute approximate surface area is 178 Å². The monoisotopic (exact) mass is 425 g/mol. The van der Waals surface area contributed by atoms with Crippen LogP contribution in [0.5, 0.6) is 0 Å². The number of methoxy groups -OCH3 is 1. The summed E-state index contributed by atoms with van der Waals surface area (Å²) in [6.45, 7) is 2.07. The van der Waals surface area contributed by atoms with E-state index in [9.17, 15) is 19.5 Å². The van der Waals surface area contributed by atoms with Gasteiger partial charge in [0.25, 0.3) is 0 Å². The molecular formula is C23H23NO5S. The molecule has 4 atom stereocenters. The molecule has 1 saturated carbocycles. The van der Waals surface area contributed by atoms with Crippen LogP contribution in [0.15, 0.2) is 41.8 Å². The van der Waals surface area contributed by atoms with Gasteiger partial charge in [-0.25, -0.2) is 4.79 Å². The molecule has 6 nitrogen and oxygen atoms in total. The first-order chi connectivity index (χ1) is 14.4. The molecular weight excluding hydrogens is 402 g/mol. The predicted molar refractivity (Wildman–Crippen MR) is 114 cm³/mol. The van der Waals surface area contributed by atoms with Crippen LogP contribution in [0.2, 0.25) is 0 Å². The Morgan fingerprint density at radius 1 is 1.13 bits per heavy atom. The van der Waals surface area contributed by atoms with Crippen LogP contribution in [0.25, 0.3) is 11.1 Å². The molecule has 2 aliphatic rings. The molecule has 156 valence electrons. The number of aryl methyl sites for hydroxylation is 1.